The summed E-state index contributed by atoms with van der Waals surface area (Å²) in [5.41, 5.74) is 2.42. The lowest BCUT2D eigenvalue weighted by Gasteiger charge is -2.09. The SMILES string of the molecule is CC(C)Cn1cc(Br)c2cc(OCc3ccccc3)ccc21. The summed E-state index contributed by atoms with van der Waals surface area (Å²) in [6.07, 6.45) is 2.16. The second kappa shape index (κ2) is 6.57. The largest absolute Gasteiger partial charge is 0.489 e. The van der Waals surface area contributed by atoms with E-state index >= 15 is 0 Å². The van der Waals surface area contributed by atoms with Gasteiger partial charge in [-0.3, -0.25) is 0 Å². The number of aromatic nitrogens is 1. The first kappa shape index (κ1) is 15.2. The summed E-state index contributed by atoms with van der Waals surface area (Å²) in [5, 5.41) is 1.20. The Labute approximate surface area is 139 Å². The first-order chi connectivity index (χ1) is 10.6. The molecule has 0 spiro atoms. The van der Waals surface area contributed by atoms with E-state index in [1.807, 2.05) is 18.2 Å². The Balaban J connectivity index is 1.82. The van der Waals surface area contributed by atoms with Gasteiger partial charge in [0.15, 0.2) is 0 Å². The molecule has 0 unspecified atom stereocenters. The summed E-state index contributed by atoms with van der Waals surface area (Å²) < 4.78 is 9.33. The predicted octanol–water partition coefficient (Wildman–Crippen LogP) is 5.64. The van der Waals surface area contributed by atoms with Gasteiger partial charge in [-0.05, 0) is 45.6 Å². The molecule has 3 rings (SSSR count). The maximum Gasteiger partial charge on any atom is 0.120 e. The van der Waals surface area contributed by atoms with Gasteiger partial charge in [0.1, 0.15) is 12.4 Å². The monoisotopic (exact) mass is 357 g/mol. The molecule has 0 N–H and O–H groups in total. The molecule has 1 heterocycles. The molecule has 2 aromatic carbocycles. The topological polar surface area (TPSA) is 14.2 Å². The van der Waals surface area contributed by atoms with Crippen molar-refractivity contribution >= 4 is 26.8 Å². The van der Waals surface area contributed by atoms with E-state index in [0.717, 1.165) is 16.8 Å². The fraction of sp³-hybridized carbons (Fsp3) is 0.263. The van der Waals surface area contributed by atoms with Crippen LogP contribution in [0, 0.1) is 5.92 Å². The number of halogens is 1. The number of fused-ring (bicyclic) bond motifs is 1. The van der Waals surface area contributed by atoms with Crippen molar-refractivity contribution in [2.75, 3.05) is 0 Å². The van der Waals surface area contributed by atoms with Gasteiger partial charge in [0.05, 0.1) is 0 Å². The molecule has 0 atom stereocenters. The first-order valence-corrected chi connectivity index (χ1v) is 8.38. The third kappa shape index (κ3) is 3.36. The maximum atomic E-state index is 5.92. The summed E-state index contributed by atoms with van der Waals surface area (Å²) in [4.78, 5) is 0. The van der Waals surface area contributed by atoms with E-state index in [1.54, 1.807) is 0 Å². The van der Waals surface area contributed by atoms with Crippen molar-refractivity contribution in [2.45, 2.75) is 27.0 Å². The van der Waals surface area contributed by atoms with Gasteiger partial charge in [0.2, 0.25) is 0 Å². The lowest BCUT2D eigenvalue weighted by atomic mass is 10.2. The Morgan fingerprint density at radius 2 is 1.86 bits per heavy atom. The zero-order valence-electron chi connectivity index (χ0n) is 12.9. The van der Waals surface area contributed by atoms with Crippen molar-refractivity contribution in [3.05, 3.63) is 64.8 Å². The van der Waals surface area contributed by atoms with Crippen LogP contribution < -0.4 is 4.74 Å². The van der Waals surface area contributed by atoms with E-state index < -0.39 is 0 Å². The predicted molar refractivity (Wildman–Crippen MR) is 95.3 cm³/mol. The molecule has 1 aromatic heterocycles. The molecule has 0 fully saturated rings. The first-order valence-electron chi connectivity index (χ1n) is 7.58. The average molecular weight is 358 g/mol. The third-order valence-corrected chi connectivity index (χ3v) is 4.25. The Kier molecular flexibility index (Phi) is 4.53. The molecule has 114 valence electrons. The molecule has 0 aliphatic rings. The minimum atomic E-state index is 0.594. The van der Waals surface area contributed by atoms with Crippen LogP contribution in [0.5, 0.6) is 5.75 Å². The molecule has 3 aromatic rings. The zero-order valence-corrected chi connectivity index (χ0v) is 14.5. The van der Waals surface area contributed by atoms with Gasteiger partial charge in [-0.15, -0.1) is 0 Å². The molecular formula is C19H20BrNO. The van der Waals surface area contributed by atoms with Gasteiger partial charge in [-0.1, -0.05) is 44.2 Å². The Morgan fingerprint density at radius 3 is 2.59 bits per heavy atom. The molecule has 2 nitrogen and oxygen atoms in total. The van der Waals surface area contributed by atoms with Crippen molar-refractivity contribution in [3.63, 3.8) is 0 Å². The third-order valence-electron chi connectivity index (χ3n) is 3.61. The molecule has 0 radical (unpaired) electrons. The van der Waals surface area contributed by atoms with Gasteiger partial charge >= 0.3 is 0 Å². The standard InChI is InChI=1S/C19H20BrNO/c1-14(2)11-21-12-18(20)17-10-16(8-9-19(17)21)22-13-15-6-4-3-5-7-15/h3-10,12,14H,11,13H2,1-2H3. The highest BCUT2D eigenvalue weighted by Gasteiger charge is 2.09. The Morgan fingerprint density at radius 1 is 1.09 bits per heavy atom. The van der Waals surface area contributed by atoms with Gasteiger partial charge in [-0.25, -0.2) is 0 Å². The van der Waals surface area contributed by atoms with Crippen molar-refractivity contribution in [1.82, 2.24) is 4.57 Å². The van der Waals surface area contributed by atoms with Crippen LogP contribution in [0.1, 0.15) is 19.4 Å². The normalized spacial score (nSPS) is 11.3. The minimum absolute atomic E-state index is 0.594. The van der Waals surface area contributed by atoms with Crippen LogP contribution >= 0.6 is 15.9 Å². The van der Waals surface area contributed by atoms with E-state index in [4.69, 9.17) is 4.74 Å². The van der Waals surface area contributed by atoms with Crippen LogP contribution in [-0.2, 0) is 13.2 Å². The van der Waals surface area contributed by atoms with Gasteiger partial charge in [0, 0.05) is 28.1 Å². The van der Waals surface area contributed by atoms with Crippen molar-refractivity contribution in [3.8, 4) is 5.75 Å². The van der Waals surface area contributed by atoms with Gasteiger partial charge in [0.25, 0.3) is 0 Å². The number of benzene rings is 2. The van der Waals surface area contributed by atoms with Crippen molar-refractivity contribution in [1.29, 1.82) is 0 Å². The molecule has 0 bridgehead atoms. The maximum absolute atomic E-state index is 5.92. The summed E-state index contributed by atoms with van der Waals surface area (Å²) in [7, 11) is 0. The summed E-state index contributed by atoms with van der Waals surface area (Å²) in [5.74, 6) is 1.52. The number of rotatable bonds is 5. The van der Waals surface area contributed by atoms with Crippen LogP contribution in [0.25, 0.3) is 10.9 Å². The van der Waals surface area contributed by atoms with E-state index in [2.05, 4.69) is 70.9 Å². The number of ether oxygens (including phenoxy) is 1. The highest BCUT2D eigenvalue weighted by molar-refractivity contribution is 9.10. The molecule has 3 heteroatoms. The highest BCUT2D eigenvalue weighted by Crippen LogP contribution is 2.30. The fourth-order valence-electron chi connectivity index (χ4n) is 2.61. The van der Waals surface area contributed by atoms with E-state index in [1.165, 1.54) is 16.5 Å². The summed E-state index contributed by atoms with van der Waals surface area (Å²) in [6.45, 7) is 6.08. The summed E-state index contributed by atoms with van der Waals surface area (Å²) >= 11 is 3.66. The second-order valence-corrected chi connectivity index (χ2v) is 6.83. The molecular weight excluding hydrogens is 338 g/mol. The van der Waals surface area contributed by atoms with Crippen LogP contribution in [-0.4, -0.2) is 4.57 Å². The van der Waals surface area contributed by atoms with E-state index in [-0.39, 0.29) is 0 Å². The smallest absolute Gasteiger partial charge is 0.120 e. The number of hydrogen-bond acceptors (Lipinski definition) is 1. The minimum Gasteiger partial charge on any atom is -0.489 e. The fourth-order valence-corrected chi connectivity index (χ4v) is 3.17. The van der Waals surface area contributed by atoms with Crippen molar-refractivity contribution < 1.29 is 4.74 Å². The number of hydrogen-bond donors (Lipinski definition) is 0. The van der Waals surface area contributed by atoms with Gasteiger partial charge < -0.3 is 9.30 Å². The lowest BCUT2D eigenvalue weighted by Crippen LogP contribution is -2.02. The summed E-state index contributed by atoms with van der Waals surface area (Å²) in [6, 6.07) is 16.5. The van der Waals surface area contributed by atoms with Crippen LogP contribution in [0.3, 0.4) is 0 Å². The van der Waals surface area contributed by atoms with Crippen LogP contribution in [0.2, 0.25) is 0 Å². The molecule has 0 amide bonds. The lowest BCUT2D eigenvalue weighted by molar-refractivity contribution is 0.306. The van der Waals surface area contributed by atoms with E-state index in [9.17, 15) is 0 Å². The molecule has 0 aliphatic carbocycles. The Hall–Kier alpha value is -1.74. The Bertz CT molecular complexity index is 762. The average Bonchev–Trinajstić information content (AvgIpc) is 2.81. The highest BCUT2D eigenvalue weighted by atomic mass is 79.9. The van der Waals surface area contributed by atoms with Crippen LogP contribution in [0.15, 0.2) is 59.2 Å². The van der Waals surface area contributed by atoms with Crippen LogP contribution in [0.4, 0.5) is 0 Å². The molecule has 22 heavy (non-hydrogen) atoms. The van der Waals surface area contributed by atoms with Crippen molar-refractivity contribution in [2.24, 2.45) is 5.92 Å². The van der Waals surface area contributed by atoms with E-state index in [0.29, 0.717) is 12.5 Å². The number of nitrogens with zero attached hydrogens (tertiary/aromatic N) is 1. The molecule has 0 saturated heterocycles. The molecule has 0 aliphatic heterocycles. The quantitative estimate of drug-likeness (QED) is 0.576. The zero-order chi connectivity index (χ0) is 15.5. The second-order valence-electron chi connectivity index (χ2n) is 5.98. The molecule has 0 saturated carbocycles. The van der Waals surface area contributed by atoms with Gasteiger partial charge in [-0.2, -0.15) is 0 Å².